The van der Waals surface area contributed by atoms with Gasteiger partial charge < -0.3 is 15.4 Å². The Morgan fingerprint density at radius 3 is 2.60 bits per heavy atom. The zero-order valence-corrected chi connectivity index (χ0v) is 9.87. The van der Waals surface area contributed by atoms with Crippen molar-refractivity contribution in [2.45, 2.75) is 6.92 Å². The van der Waals surface area contributed by atoms with Crippen LogP contribution in [0.3, 0.4) is 0 Å². The zero-order valence-electron chi connectivity index (χ0n) is 9.05. The van der Waals surface area contributed by atoms with Crippen molar-refractivity contribution >= 4 is 17.9 Å². The van der Waals surface area contributed by atoms with Gasteiger partial charge in [0.15, 0.2) is 0 Å². The third-order valence-electron chi connectivity index (χ3n) is 2.19. The van der Waals surface area contributed by atoms with Crippen LogP contribution in [0, 0.1) is 11.4 Å². The molecule has 0 spiro atoms. The zero-order chi connectivity index (χ0) is 11.3. The Balaban J connectivity index is 2.17. The smallest absolute Gasteiger partial charge is 0.203 e. The van der Waals surface area contributed by atoms with Gasteiger partial charge in [-0.25, -0.2) is 0 Å². The fourth-order valence-corrected chi connectivity index (χ4v) is 1.62. The average molecular weight is 228 g/mol. The number of anilines is 1. The van der Waals surface area contributed by atoms with E-state index in [0.717, 1.165) is 17.8 Å². The Labute approximate surface area is 94.3 Å². The van der Waals surface area contributed by atoms with Gasteiger partial charge in [-0.15, -0.1) is 0 Å². The molecule has 0 amide bonds. The van der Waals surface area contributed by atoms with Crippen LogP contribution in [-0.4, -0.2) is 33.4 Å². The van der Waals surface area contributed by atoms with Crippen molar-refractivity contribution < 1.29 is 4.74 Å². The maximum Gasteiger partial charge on any atom is 0.203 e. The Morgan fingerprint density at radius 1 is 1.33 bits per heavy atom. The molecule has 84 valence electrons. The van der Waals surface area contributed by atoms with Crippen LogP contribution >= 0.6 is 12.2 Å². The van der Waals surface area contributed by atoms with E-state index < -0.39 is 0 Å². The van der Waals surface area contributed by atoms with Gasteiger partial charge >= 0.3 is 0 Å². The first-order valence-corrected chi connectivity index (χ1v) is 5.35. The average Bonchev–Trinajstić information content (AvgIpc) is 2.26. The molecule has 0 bridgehead atoms. The minimum atomic E-state index is -0.0106. The summed E-state index contributed by atoms with van der Waals surface area (Å²) in [6.07, 6.45) is 0. The molecule has 0 radical (unpaired) electrons. The SMILES string of the molecule is CNCCOCCNc1c(C)c(=O)c1=S. The highest BCUT2D eigenvalue weighted by Crippen LogP contribution is 2.14. The maximum absolute atomic E-state index is 11.1. The Bertz CT molecular complexity index is 383. The highest BCUT2D eigenvalue weighted by Gasteiger charge is 2.11. The van der Waals surface area contributed by atoms with E-state index in [1.807, 2.05) is 7.05 Å². The predicted molar refractivity (Wildman–Crippen MR) is 63.9 cm³/mol. The second kappa shape index (κ2) is 5.95. The summed E-state index contributed by atoms with van der Waals surface area (Å²) in [4.78, 5) is 11.1. The first-order valence-electron chi connectivity index (χ1n) is 4.94. The molecule has 0 aliphatic rings. The Morgan fingerprint density at radius 2 is 2.00 bits per heavy atom. The van der Waals surface area contributed by atoms with Crippen LogP contribution in [0.25, 0.3) is 0 Å². The first-order chi connectivity index (χ1) is 7.18. The minimum Gasteiger partial charge on any atom is -0.381 e. The Hall–Kier alpha value is -0.780. The van der Waals surface area contributed by atoms with Crippen LogP contribution < -0.4 is 16.1 Å². The molecule has 0 saturated heterocycles. The molecule has 0 heterocycles. The highest BCUT2D eigenvalue weighted by molar-refractivity contribution is 7.71. The predicted octanol–water partition coefficient (Wildman–Crippen LogP) is 0.608. The van der Waals surface area contributed by atoms with E-state index in [-0.39, 0.29) is 5.43 Å². The molecule has 2 N–H and O–H groups in total. The lowest BCUT2D eigenvalue weighted by atomic mass is 10.1. The molecule has 0 aliphatic carbocycles. The fraction of sp³-hybridized carbons (Fsp3) is 0.600. The molecule has 0 atom stereocenters. The van der Waals surface area contributed by atoms with Crippen molar-refractivity contribution in [1.82, 2.24) is 5.32 Å². The van der Waals surface area contributed by atoms with E-state index >= 15 is 0 Å². The second-order valence-electron chi connectivity index (χ2n) is 3.30. The van der Waals surface area contributed by atoms with Gasteiger partial charge in [0.25, 0.3) is 0 Å². The van der Waals surface area contributed by atoms with Crippen LogP contribution in [0.4, 0.5) is 5.69 Å². The van der Waals surface area contributed by atoms with E-state index in [1.165, 1.54) is 0 Å². The molecule has 0 aromatic heterocycles. The lowest BCUT2D eigenvalue weighted by Gasteiger charge is -2.11. The fourth-order valence-electron chi connectivity index (χ4n) is 1.24. The van der Waals surface area contributed by atoms with Crippen molar-refractivity contribution in [3.05, 3.63) is 20.3 Å². The lowest BCUT2D eigenvalue weighted by Crippen LogP contribution is -2.22. The van der Waals surface area contributed by atoms with Gasteiger partial charge in [-0.05, 0) is 14.0 Å². The van der Waals surface area contributed by atoms with Gasteiger partial charge in [-0.1, -0.05) is 12.2 Å². The summed E-state index contributed by atoms with van der Waals surface area (Å²) < 4.78 is 5.73. The van der Waals surface area contributed by atoms with Gasteiger partial charge in [0, 0.05) is 18.7 Å². The minimum absolute atomic E-state index is 0.0106. The molecule has 0 aliphatic heterocycles. The standard InChI is InChI=1S/C10H16N2O2S/c1-7-8(10(15)9(7)13)12-4-6-14-5-3-11-2/h11-12H,3-6H2,1-2H3. The number of hydrogen-bond donors (Lipinski definition) is 2. The van der Waals surface area contributed by atoms with Crippen molar-refractivity contribution in [3.63, 3.8) is 0 Å². The summed E-state index contributed by atoms with van der Waals surface area (Å²) >= 11 is 4.90. The second-order valence-corrected chi connectivity index (χ2v) is 3.71. The Kier molecular flexibility index (Phi) is 4.87. The molecule has 0 saturated carbocycles. The third kappa shape index (κ3) is 3.09. The summed E-state index contributed by atoms with van der Waals surface area (Å²) in [7, 11) is 1.88. The quantitative estimate of drug-likeness (QED) is 0.529. The van der Waals surface area contributed by atoms with Crippen LogP contribution in [0.5, 0.6) is 0 Å². The normalized spacial score (nSPS) is 10.8. The van der Waals surface area contributed by atoms with Gasteiger partial charge in [0.1, 0.15) is 4.51 Å². The molecule has 5 heteroatoms. The van der Waals surface area contributed by atoms with Gasteiger partial charge in [0.05, 0.1) is 18.9 Å². The van der Waals surface area contributed by atoms with Crippen LogP contribution in [0.15, 0.2) is 4.79 Å². The molecule has 1 rings (SSSR count). The first kappa shape index (κ1) is 12.3. The lowest BCUT2D eigenvalue weighted by molar-refractivity contribution is 0.147. The molecule has 1 aromatic carbocycles. The molecule has 0 fully saturated rings. The van der Waals surface area contributed by atoms with E-state index in [0.29, 0.717) is 24.3 Å². The number of nitrogens with one attached hydrogen (secondary N) is 2. The number of hydrogen-bond acceptors (Lipinski definition) is 5. The molecule has 1 aromatic rings. The molecular formula is C10H16N2O2S. The number of ether oxygens (including phenoxy) is 1. The number of likely N-dealkylation sites (N-methyl/N-ethyl adjacent to an activating group) is 1. The summed E-state index contributed by atoms with van der Waals surface area (Å²) in [5.41, 5.74) is 1.53. The highest BCUT2D eigenvalue weighted by atomic mass is 32.1. The monoisotopic (exact) mass is 228 g/mol. The molecule has 15 heavy (non-hydrogen) atoms. The van der Waals surface area contributed by atoms with Crippen molar-refractivity contribution in [2.24, 2.45) is 0 Å². The largest absolute Gasteiger partial charge is 0.381 e. The summed E-state index contributed by atoms with van der Waals surface area (Å²) in [6, 6.07) is 0. The van der Waals surface area contributed by atoms with Crippen LogP contribution in [0.1, 0.15) is 5.56 Å². The van der Waals surface area contributed by atoms with E-state index in [9.17, 15) is 4.79 Å². The van der Waals surface area contributed by atoms with Crippen molar-refractivity contribution in [3.8, 4) is 0 Å². The molecule has 4 nitrogen and oxygen atoms in total. The topological polar surface area (TPSA) is 50.4 Å². The third-order valence-corrected chi connectivity index (χ3v) is 2.58. The number of rotatable bonds is 7. The van der Waals surface area contributed by atoms with Gasteiger partial charge in [-0.3, -0.25) is 4.79 Å². The maximum atomic E-state index is 11.1. The van der Waals surface area contributed by atoms with Gasteiger partial charge in [0.2, 0.25) is 5.43 Å². The van der Waals surface area contributed by atoms with Crippen LogP contribution in [-0.2, 0) is 4.74 Å². The van der Waals surface area contributed by atoms with E-state index in [4.69, 9.17) is 17.0 Å². The molecular weight excluding hydrogens is 212 g/mol. The summed E-state index contributed by atoms with van der Waals surface area (Å²) in [5.74, 6) is 0. The van der Waals surface area contributed by atoms with E-state index in [1.54, 1.807) is 6.92 Å². The van der Waals surface area contributed by atoms with Crippen molar-refractivity contribution in [2.75, 3.05) is 38.7 Å². The van der Waals surface area contributed by atoms with E-state index in [2.05, 4.69) is 10.6 Å². The van der Waals surface area contributed by atoms with Gasteiger partial charge in [-0.2, -0.15) is 0 Å². The molecule has 0 unspecified atom stereocenters. The summed E-state index contributed by atoms with van der Waals surface area (Å²) in [6.45, 7) is 4.62. The summed E-state index contributed by atoms with van der Waals surface area (Å²) in [5, 5.41) is 6.09. The van der Waals surface area contributed by atoms with Crippen LogP contribution in [0.2, 0.25) is 0 Å². The van der Waals surface area contributed by atoms with Crippen molar-refractivity contribution in [1.29, 1.82) is 0 Å².